The minimum atomic E-state index is -1.04. The zero-order chi connectivity index (χ0) is 13.7. The van der Waals surface area contributed by atoms with E-state index in [4.69, 9.17) is 9.84 Å². The van der Waals surface area contributed by atoms with Gasteiger partial charge in [0, 0.05) is 11.1 Å². The fraction of sp³-hybridized carbons (Fsp3) is 0.0667. The number of hydrogen-bond acceptors (Lipinski definition) is 3. The van der Waals surface area contributed by atoms with E-state index in [9.17, 15) is 9.59 Å². The van der Waals surface area contributed by atoms with Gasteiger partial charge in [0.05, 0.1) is 5.56 Å². The highest BCUT2D eigenvalue weighted by molar-refractivity contribution is 5.90. The molecule has 0 bridgehead atoms. The second kappa shape index (κ2) is 5.82. The van der Waals surface area contributed by atoms with Crippen LogP contribution in [0, 0.1) is 0 Å². The molecule has 4 heteroatoms. The third-order valence-corrected chi connectivity index (χ3v) is 2.63. The Kier molecular flexibility index (Phi) is 3.93. The molecule has 96 valence electrons. The van der Waals surface area contributed by atoms with Crippen molar-refractivity contribution in [3.63, 3.8) is 0 Å². The quantitative estimate of drug-likeness (QED) is 0.835. The summed E-state index contributed by atoms with van der Waals surface area (Å²) in [6.07, 6.45) is 0.678. The van der Waals surface area contributed by atoms with E-state index in [1.807, 2.05) is 18.2 Å². The summed E-state index contributed by atoms with van der Waals surface area (Å²) in [4.78, 5) is 21.8. The number of ether oxygens (including phenoxy) is 1. The largest absolute Gasteiger partial charge is 0.489 e. The SMILES string of the molecule is O=Cc1ccc(C(=O)O)c(COc2ccccc2)c1. The van der Waals surface area contributed by atoms with Gasteiger partial charge in [-0.2, -0.15) is 0 Å². The Bertz CT molecular complexity index is 590. The number of hydrogen-bond donors (Lipinski definition) is 1. The van der Waals surface area contributed by atoms with Gasteiger partial charge in [-0.3, -0.25) is 4.79 Å². The van der Waals surface area contributed by atoms with Gasteiger partial charge in [0.2, 0.25) is 0 Å². The van der Waals surface area contributed by atoms with Crippen molar-refractivity contribution < 1.29 is 19.4 Å². The number of rotatable bonds is 5. The molecule has 0 aromatic heterocycles. The van der Waals surface area contributed by atoms with E-state index in [0.717, 1.165) is 0 Å². The van der Waals surface area contributed by atoms with Crippen LogP contribution in [0.5, 0.6) is 5.75 Å². The fourth-order valence-corrected chi connectivity index (χ4v) is 1.69. The predicted octanol–water partition coefficient (Wildman–Crippen LogP) is 2.78. The molecule has 0 amide bonds. The van der Waals surface area contributed by atoms with Crippen molar-refractivity contribution in [3.05, 3.63) is 65.2 Å². The Labute approximate surface area is 110 Å². The number of carbonyl (C=O) groups excluding carboxylic acids is 1. The molecule has 2 aromatic carbocycles. The molecule has 0 aliphatic heterocycles. The summed E-state index contributed by atoms with van der Waals surface area (Å²) in [5.74, 6) is -0.389. The molecule has 0 atom stereocenters. The Morgan fingerprint density at radius 3 is 2.53 bits per heavy atom. The van der Waals surface area contributed by atoms with Gasteiger partial charge in [0.25, 0.3) is 0 Å². The Hall–Kier alpha value is -2.62. The van der Waals surface area contributed by atoms with Crippen molar-refractivity contribution >= 4 is 12.3 Å². The van der Waals surface area contributed by atoms with E-state index in [1.165, 1.54) is 18.2 Å². The highest BCUT2D eigenvalue weighted by atomic mass is 16.5. The number of aromatic carboxylic acids is 1. The summed E-state index contributed by atoms with van der Waals surface area (Å²) in [6, 6.07) is 13.5. The highest BCUT2D eigenvalue weighted by Gasteiger charge is 2.11. The second-order valence-electron chi connectivity index (χ2n) is 3.94. The van der Waals surface area contributed by atoms with E-state index in [0.29, 0.717) is 23.2 Å². The van der Waals surface area contributed by atoms with Crippen LogP contribution >= 0.6 is 0 Å². The van der Waals surface area contributed by atoms with Crippen LogP contribution in [-0.2, 0) is 6.61 Å². The standard InChI is InChI=1S/C15H12O4/c16-9-11-6-7-14(15(17)18)12(8-11)10-19-13-4-2-1-3-5-13/h1-9H,10H2,(H,17,18). The van der Waals surface area contributed by atoms with Gasteiger partial charge in [0.15, 0.2) is 0 Å². The van der Waals surface area contributed by atoms with Crippen LogP contribution in [0.2, 0.25) is 0 Å². The Morgan fingerprint density at radius 2 is 1.89 bits per heavy atom. The van der Waals surface area contributed by atoms with Crippen molar-refractivity contribution in [2.45, 2.75) is 6.61 Å². The number of para-hydroxylation sites is 1. The maximum atomic E-state index is 11.1. The van der Waals surface area contributed by atoms with E-state index >= 15 is 0 Å². The van der Waals surface area contributed by atoms with Gasteiger partial charge in [-0.15, -0.1) is 0 Å². The van der Waals surface area contributed by atoms with Crippen LogP contribution in [0.4, 0.5) is 0 Å². The second-order valence-corrected chi connectivity index (χ2v) is 3.94. The molecule has 19 heavy (non-hydrogen) atoms. The summed E-state index contributed by atoms with van der Waals surface area (Å²) >= 11 is 0. The number of carboxylic acid groups (broad SMARTS) is 1. The molecular formula is C15H12O4. The summed E-state index contributed by atoms with van der Waals surface area (Å²) in [5.41, 5.74) is 1.04. The molecule has 4 nitrogen and oxygen atoms in total. The smallest absolute Gasteiger partial charge is 0.336 e. The summed E-state index contributed by atoms with van der Waals surface area (Å²) in [6.45, 7) is 0.104. The number of carboxylic acids is 1. The van der Waals surface area contributed by atoms with E-state index in [-0.39, 0.29) is 12.2 Å². The molecule has 0 heterocycles. The first-order chi connectivity index (χ1) is 9.20. The number of benzene rings is 2. The molecule has 0 radical (unpaired) electrons. The van der Waals surface area contributed by atoms with Gasteiger partial charge in [-0.25, -0.2) is 4.79 Å². The molecule has 0 aliphatic rings. The first kappa shape index (κ1) is 12.8. The van der Waals surface area contributed by atoms with Gasteiger partial charge in [-0.1, -0.05) is 24.3 Å². The first-order valence-electron chi connectivity index (χ1n) is 5.70. The Balaban J connectivity index is 2.22. The molecule has 0 aliphatic carbocycles. The topological polar surface area (TPSA) is 63.6 Å². The average molecular weight is 256 g/mol. The first-order valence-corrected chi connectivity index (χ1v) is 5.70. The maximum Gasteiger partial charge on any atom is 0.336 e. The summed E-state index contributed by atoms with van der Waals surface area (Å²) in [7, 11) is 0. The molecule has 1 N–H and O–H groups in total. The Morgan fingerprint density at radius 1 is 1.16 bits per heavy atom. The minimum absolute atomic E-state index is 0.104. The van der Waals surface area contributed by atoms with Crippen LogP contribution in [0.15, 0.2) is 48.5 Å². The molecule has 2 aromatic rings. The predicted molar refractivity (Wildman–Crippen MR) is 69.6 cm³/mol. The minimum Gasteiger partial charge on any atom is -0.489 e. The zero-order valence-electron chi connectivity index (χ0n) is 10.1. The third-order valence-electron chi connectivity index (χ3n) is 2.63. The van der Waals surface area contributed by atoms with E-state index in [2.05, 4.69) is 0 Å². The molecular weight excluding hydrogens is 244 g/mol. The van der Waals surface area contributed by atoms with Crippen LogP contribution < -0.4 is 4.74 Å². The lowest BCUT2D eigenvalue weighted by atomic mass is 10.1. The zero-order valence-corrected chi connectivity index (χ0v) is 10.1. The van der Waals surface area contributed by atoms with Crippen molar-refractivity contribution in [1.82, 2.24) is 0 Å². The molecule has 0 saturated carbocycles. The van der Waals surface area contributed by atoms with Crippen molar-refractivity contribution in [2.75, 3.05) is 0 Å². The van der Waals surface area contributed by atoms with Crippen molar-refractivity contribution in [2.24, 2.45) is 0 Å². The van der Waals surface area contributed by atoms with E-state index < -0.39 is 5.97 Å². The molecule has 0 saturated heterocycles. The van der Waals surface area contributed by atoms with Gasteiger partial charge in [-0.05, 0) is 24.3 Å². The highest BCUT2D eigenvalue weighted by Crippen LogP contribution is 2.16. The van der Waals surface area contributed by atoms with E-state index in [1.54, 1.807) is 12.1 Å². The van der Waals surface area contributed by atoms with Gasteiger partial charge < -0.3 is 9.84 Å². The fourth-order valence-electron chi connectivity index (χ4n) is 1.69. The van der Waals surface area contributed by atoms with Gasteiger partial charge in [0.1, 0.15) is 18.6 Å². The molecule has 0 unspecified atom stereocenters. The normalized spacial score (nSPS) is 9.89. The number of aldehydes is 1. The lowest BCUT2D eigenvalue weighted by Gasteiger charge is -2.09. The van der Waals surface area contributed by atoms with Crippen molar-refractivity contribution in [3.8, 4) is 5.75 Å². The van der Waals surface area contributed by atoms with Crippen molar-refractivity contribution in [1.29, 1.82) is 0 Å². The summed E-state index contributed by atoms with van der Waals surface area (Å²) < 4.78 is 5.50. The average Bonchev–Trinajstić information content (AvgIpc) is 2.45. The molecule has 2 rings (SSSR count). The monoisotopic (exact) mass is 256 g/mol. The van der Waals surface area contributed by atoms with Crippen LogP contribution in [0.25, 0.3) is 0 Å². The molecule has 0 spiro atoms. The van der Waals surface area contributed by atoms with Crippen LogP contribution in [0.3, 0.4) is 0 Å². The number of carbonyl (C=O) groups is 2. The van der Waals surface area contributed by atoms with Crippen LogP contribution in [0.1, 0.15) is 26.3 Å². The van der Waals surface area contributed by atoms with Gasteiger partial charge >= 0.3 is 5.97 Å². The van der Waals surface area contributed by atoms with Crippen LogP contribution in [-0.4, -0.2) is 17.4 Å². The lowest BCUT2D eigenvalue weighted by Crippen LogP contribution is -2.06. The molecule has 0 fully saturated rings. The maximum absolute atomic E-state index is 11.1. The third kappa shape index (κ3) is 3.19. The lowest BCUT2D eigenvalue weighted by molar-refractivity contribution is 0.0693. The summed E-state index contributed by atoms with van der Waals surface area (Å²) in [5, 5.41) is 9.08.